The molecule has 0 spiro atoms. The van der Waals surface area contributed by atoms with E-state index in [1.807, 2.05) is 6.92 Å². The van der Waals surface area contributed by atoms with Crippen molar-refractivity contribution in [1.29, 1.82) is 0 Å². The van der Waals surface area contributed by atoms with Crippen molar-refractivity contribution in [3.63, 3.8) is 0 Å². The molecule has 2 nitrogen and oxygen atoms in total. The smallest absolute Gasteiger partial charge is 0.109 e. The molecule has 0 aromatic carbocycles. The molecule has 0 amide bonds. The number of hydrogen-bond acceptors (Lipinski definition) is 2. The van der Waals surface area contributed by atoms with E-state index in [-0.39, 0.29) is 24.1 Å². The summed E-state index contributed by atoms with van der Waals surface area (Å²) >= 11 is 0. The first kappa shape index (κ1) is 12.8. The minimum atomic E-state index is -0.226. The lowest BCUT2D eigenvalue weighted by atomic mass is 9.75. The highest BCUT2D eigenvalue weighted by atomic mass is 16.5. The minimum Gasteiger partial charge on any atom is -0.392 e. The summed E-state index contributed by atoms with van der Waals surface area (Å²) < 4.78 is 5.78. The van der Waals surface area contributed by atoms with Gasteiger partial charge in [0.15, 0.2) is 0 Å². The molecule has 3 heteroatoms. The Morgan fingerprint density at radius 2 is 2.13 bits per heavy atom. The zero-order valence-corrected chi connectivity index (χ0v) is 10.2. The van der Waals surface area contributed by atoms with Crippen LogP contribution in [-0.2, 0) is 4.74 Å². The quantitative estimate of drug-likeness (QED) is 0.567. The van der Waals surface area contributed by atoms with Gasteiger partial charge in [-0.1, -0.05) is 26.3 Å². The van der Waals surface area contributed by atoms with E-state index in [4.69, 9.17) is 12.6 Å². The van der Waals surface area contributed by atoms with E-state index in [1.165, 1.54) is 5.57 Å². The molecule has 0 aromatic heterocycles. The van der Waals surface area contributed by atoms with Gasteiger partial charge in [0.1, 0.15) is 7.85 Å². The molecule has 15 heavy (non-hydrogen) atoms. The minimum absolute atomic E-state index is 0.0252. The van der Waals surface area contributed by atoms with Crippen molar-refractivity contribution in [2.24, 2.45) is 5.41 Å². The standard InChI is InChI=1S/C12H21BO2/c1-5-12(3,4)11-9(7-14)8(2)6-10(13)15-11/h10-11,14H,5-7H2,1-4H3/t10-,11+/m1/s1. The molecule has 0 bridgehead atoms. The first-order valence-corrected chi connectivity index (χ1v) is 5.62. The van der Waals surface area contributed by atoms with Gasteiger partial charge in [-0.15, -0.1) is 0 Å². The van der Waals surface area contributed by atoms with Gasteiger partial charge in [-0.2, -0.15) is 0 Å². The fourth-order valence-electron chi connectivity index (χ4n) is 2.02. The molecular formula is C12H21BO2. The fraction of sp³-hybridized carbons (Fsp3) is 0.833. The van der Waals surface area contributed by atoms with Gasteiger partial charge in [0.25, 0.3) is 0 Å². The average molecular weight is 208 g/mol. The average Bonchev–Trinajstić information content (AvgIpc) is 2.16. The van der Waals surface area contributed by atoms with Crippen molar-refractivity contribution < 1.29 is 9.84 Å². The Hall–Kier alpha value is -0.275. The second kappa shape index (κ2) is 4.71. The molecule has 1 aliphatic heterocycles. The van der Waals surface area contributed by atoms with Crippen LogP contribution < -0.4 is 0 Å². The first-order chi connectivity index (χ1) is 6.92. The number of aliphatic hydroxyl groups excluding tert-OH is 1. The first-order valence-electron chi connectivity index (χ1n) is 5.62. The maximum absolute atomic E-state index is 9.40. The second-order valence-corrected chi connectivity index (χ2v) is 5.06. The summed E-state index contributed by atoms with van der Waals surface area (Å²) in [6.07, 6.45) is 1.68. The molecule has 2 atom stereocenters. The van der Waals surface area contributed by atoms with Crippen LogP contribution in [0.4, 0.5) is 0 Å². The van der Waals surface area contributed by atoms with E-state index in [1.54, 1.807) is 0 Å². The second-order valence-electron chi connectivity index (χ2n) is 5.06. The molecule has 1 aliphatic rings. The van der Waals surface area contributed by atoms with Crippen LogP contribution in [0, 0.1) is 5.41 Å². The van der Waals surface area contributed by atoms with Gasteiger partial charge < -0.3 is 9.84 Å². The van der Waals surface area contributed by atoms with Crippen molar-refractivity contribution in [3.05, 3.63) is 11.1 Å². The van der Waals surface area contributed by atoms with Gasteiger partial charge in [0.2, 0.25) is 0 Å². The van der Waals surface area contributed by atoms with Crippen LogP contribution in [-0.4, -0.2) is 31.7 Å². The Morgan fingerprint density at radius 1 is 1.53 bits per heavy atom. The van der Waals surface area contributed by atoms with Crippen LogP contribution in [0.5, 0.6) is 0 Å². The van der Waals surface area contributed by atoms with Gasteiger partial charge in [-0.25, -0.2) is 0 Å². The summed E-state index contributed by atoms with van der Waals surface area (Å²) in [4.78, 5) is 0. The van der Waals surface area contributed by atoms with Crippen LogP contribution in [0.3, 0.4) is 0 Å². The highest BCUT2D eigenvalue weighted by Gasteiger charge is 2.36. The molecule has 0 saturated heterocycles. The van der Waals surface area contributed by atoms with Crippen LogP contribution in [0.25, 0.3) is 0 Å². The van der Waals surface area contributed by atoms with E-state index >= 15 is 0 Å². The molecule has 0 aromatic rings. The third-order valence-electron chi connectivity index (χ3n) is 3.47. The van der Waals surface area contributed by atoms with Crippen molar-refractivity contribution in [3.8, 4) is 0 Å². The zero-order chi connectivity index (χ0) is 11.6. The Morgan fingerprint density at radius 3 is 2.60 bits per heavy atom. The monoisotopic (exact) mass is 208 g/mol. The van der Waals surface area contributed by atoms with Crippen LogP contribution >= 0.6 is 0 Å². The molecule has 1 heterocycles. The molecule has 0 saturated carbocycles. The zero-order valence-electron chi connectivity index (χ0n) is 10.2. The number of hydrogen-bond donors (Lipinski definition) is 1. The highest BCUT2D eigenvalue weighted by molar-refractivity contribution is 6.11. The number of ether oxygens (including phenoxy) is 1. The Kier molecular flexibility index (Phi) is 4.02. The number of aliphatic hydroxyl groups is 1. The molecular weight excluding hydrogens is 187 g/mol. The predicted octanol–water partition coefficient (Wildman–Crippen LogP) is 2.01. The molecule has 0 fully saturated rings. The van der Waals surface area contributed by atoms with Crippen LogP contribution in [0.1, 0.15) is 40.5 Å². The van der Waals surface area contributed by atoms with Crippen molar-refractivity contribution >= 4 is 7.85 Å². The maximum Gasteiger partial charge on any atom is 0.109 e. The molecule has 2 radical (unpaired) electrons. The summed E-state index contributed by atoms with van der Waals surface area (Å²) in [6.45, 7) is 8.55. The Balaban J connectivity index is 3.00. The molecule has 84 valence electrons. The molecule has 0 aliphatic carbocycles. The van der Waals surface area contributed by atoms with Gasteiger partial charge in [-0.3, -0.25) is 0 Å². The highest BCUT2D eigenvalue weighted by Crippen LogP contribution is 2.37. The van der Waals surface area contributed by atoms with E-state index in [0.29, 0.717) is 0 Å². The third-order valence-corrected chi connectivity index (χ3v) is 3.47. The van der Waals surface area contributed by atoms with Crippen LogP contribution in [0.15, 0.2) is 11.1 Å². The van der Waals surface area contributed by atoms with E-state index in [0.717, 1.165) is 18.4 Å². The Labute approximate surface area is 94.1 Å². The molecule has 1 N–H and O–H groups in total. The van der Waals surface area contributed by atoms with E-state index in [9.17, 15) is 5.11 Å². The lowest BCUT2D eigenvalue weighted by Gasteiger charge is -2.41. The van der Waals surface area contributed by atoms with Crippen molar-refractivity contribution in [2.45, 2.75) is 52.6 Å². The van der Waals surface area contributed by atoms with Gasteiger partial charge in [-0.05, 0) is 30.8 Å². The summed E-state index contributed by atoms with van der Waals surface area (Å²) in [5, 5.41) is 9.40. The lowest BCUT2D eigenvalue weighted by Crippen LogP contribution is -2.41. The van der Waals surface area contributed by atoms with Crippen molar-refractivity contribution in [2.75, 3.05) is 6.61 Å². The summed E-state index contributed by atoms with van der Waals surface area (Å²) in [7, 11) is 5.85. The van der Waals surface area contributed by atoms with Gasteiger partial charge in [0, 0.05) is 6.00 Å². The van der Waals surface area contributed by atoms with Crippen LogP contribution in [0.2, 0.25) is 0 Å². The number of rotatable bonds is 3. The Bertz CT molecular complexity index is 258. The normalized spacial score (nSPS) is 28.3. The SMILES string of the molecule is [B][C@H]1CC(C)=C(CO)[C@@H](C(C)(C)CC)O1. The van der Waals surface area contributed by atoms with Crippen molar-refractivity contribution in [1.82, 2.24) is 0 Å². The largest absolute Gasteiger partial charge is 0.392 e. The summed E-state index contributed by atoms with van der Waals surface area (Å²) in [5.41, 5.74) is 2.23. The predicted molar refractivity (Wildman–Crippen MR) is 62.9 cm³/mol. The van der Waals surface area contributed by atoms with Gasteiger partial charge in [0.05, 0.1) is 12.7 Å². The fourth-order valence-corrected chi connectivity index (χ4v) is 2.02. The topological polar surface area (TPSA) is 29.5 Å². The summed E-state index contributed by atoms with van der Waals surface area (Å²) in [6, 6.07) is -0.226. The maximum atomic E-state index is 9.40. The van der Waals surface area contributed by atoms with E-state index in [2.05, 4.69) is 20.8 Å². The molecule has 1 rings (SSSR count). The molecule has 0 unspecified atom stereocenters. The summed E-state index contributed by atoms with van der Waals surface area (Å²) in [5.74, 6) is 0. The third kappa shape index (κ3) is 2.64. The lowest BCUT2D eigenvalue weighted by molar-refractivity contribution is -0.0353. The van der Waals surface area contributed by atoms with Gasteiger partial charge >= 0.3 is 0 Å². The van der Waals surface area contributed by atoms with E-state index < -0.39 is 0 Å².